The summed E-state index contributed by atoms with van der Waals surface area (Å²) >= 11 is 1.29. The molecule has 8 heteroatoms. The van der Waals surface area contributed by atoms with Crippen LogP contribution in [0.2, 0.25) is 0 Å². The van der Waals surface area contributed by atoms with Crippen molar-refractivity contribution < 1.29 is 14.7 Å². The van der Waals surface area contributed by atoms with E-state index in [-0.39, 0.29) is 11.3 Å². The molecule has 7 nitrogen and oxygen atoms in total. The number of amides is 1. The van der Waals surface area contributed by atoms with Crippen LogP contribution >= 0.6 is 11.3 Å². The van der Waals surface area contributed by atoms with E-state index in [0.717, 1.165) is 29.7 Å². The molecule has 2 heterocycles. The molecule has 0 aliphatic heterocycles. The second-order valence-electron chi connectivity index (χ2n) is 4.63. The van der Waals surface area contributed by atoms with Crippen molar-refractivity contribution >= 4 is 28.2 Å². The van der Waals surface area contributed by atoms with Gasteiger partial charge in [-0.3, -0.25) is 9.59 Å². The van der Waals surface area contributed by atoms with Crippen LogP contribution in [0.5, 0.6) is 0 Å². The summed E-state index contributed by atoms with van der Waals surface area (Å²) in [6, 6.07) is 2.48. The molecule has 3 rings (SSSR count). The minimum atomic E-state index is -1.04. The predicted molar refractivity (Wildman–Crippen MR) is 76.1 cm³/mol. The number of rotatable bonds is 3. The highest BCUT2D eigenvalue weighted by Gasteiger charge is 2.27. The zero-order valence-corrected chi connectivity index (χ0v) is 11.6. The molecule has 1 amide bonds. The Morgan fingerprint density at radius 1 is 1.33 bits per heavy atom. The van der Waals surface area contributed by atoms with Crippen LogP contribution in [0.4, 0.5) is 5.00 Å². The number of aromatic nitrogens is 2. The SMILES string of the molecule is O=C(Nc1sc2c(c1C(=O)O)CCC2)c1ccc(=O)[nH]n1. The highest BCUT2D eigenvalue weighted by molar-refractivity contribution is 7.17. The van der Waals surface area contributed by atoms with E-state index < -0.39 is 17.4 Å². The number of fused-ring (bicyclic) bond motifs is 1. The number of H-pyrrole nitrogens is 1. The quantitative estimate of drug-likeness (QED) is 0.790. The molecule has 2 aromatic rings. The fraction of sp³-hybridized carbons (Fsp3) is 0.231. The molecule has 0 saturated heterocycles. The molecular formula is C13H11N3O4S. The Labute approximate surface area is 122 Å². The van der Waals surface area contributed by atoms with E-state index in [9.17, 15) is 19.5 Å². The molecule has 0 bridgehead atoms. The van der Waals surface area contributed by atoms with E-state index in [0.29, 0.717) is 5.00 Å². The number of carbonyl (C=O) groups excluding carboxylic acids is 1. The summed E-state index contributed by atoms with van der Waals surface area (Å²) in [5.74, 6) is -1.59. The molecule has 0 radical (unpaired) electrons. The van der Waals surface area contributed by atoms with Crippen LogP contribution in [0.15, 0.2) is 16.9 Å². The van der Waals surface area contributed by atoms with Gasteiger partial charge >= 0.3 is 5.97 Å². The molecule has 0 aromatic carbocycles. The van der Waals surface area contributed by atoms with Crippen LogP contribution < -0.4 is 10.9 Å². The molecule has 108 valence electrons. The second-order valence-corrected chi connectivity index (χ2v) is 5.73. The third kappa shape index (κ3) is 2.45. The van der Waals surface area contributed by atoms with Gasteiger partial charge in [-0.15, -0.1) is 11.3 Å². The third-order valence-corrected chi connectivity index (χ3v) is 4.48. The minimum Gasteiger partial charge on any atom is -0.478 e. The maximum atomic E-state index is 12.0. The molecule has 2 aromatic heterocycles. The monoisotopic (exact) mass is 305 g/mol. The first-order valence-electron chi connectivity index (χ1n) is 6.31. The van der Waals surface area contributed by atoms with Gasteiger partial charge in [-0.05, 0) is 30.9 Å². The summed E-state index contributed by atoms with van der Waals surface area (Å²) in [5.41, 5.74) is 0.606. The predicted octanol–water partition coefficient (Wildman–Crippen LogP) is 1.27. The average Bonchev–Trinajstić information content (AvgIpc) is 2.98. The molecule has 0 unspecified atom stereocenters. The number of aromatic carboxylic acids is 1. The largest absolute Gasteiger partial charge is 0.478 e. The number of carboxylic acid groups (broad SMARTS) is 1. The summed E-state index contributed by atoms with van der Waals surface area (Å²) in [6.07, 6.45) is 2.50. The Kier molecular flexibility index (Phi) is 3.30. The number of nitrogens with one attached hydrogen (secondary N) is 2. The van der Waals surface area contributed by atoms with E-state index in [1.807, 2.05) is 0 Å². The van der Waals surface area contributed by atoms with Gasteiger partial charge in [0.05, 0.1) is 5.56 Å². The first-order chi connectivity index (χ1) is 10.1. The molecule has 0 atom stereocenters. The third-order valence-electron chi connectivity index (χ3n) is 3.27. The van der Waals surface area contributed by atoms with Crippen LogP contribution in [-0.4, -0.2) is 27.2 Å². The van der Waals surface area contributed by atoms with Crippen molar-refractivity contribution in [1.29, 1.82) is 0 Å². The number of hydrogen-bond acceptors (Lipinski definition) is 5. The van der Waals surface area contributed by atoms with Crippen LogP contribution in [0.25, 0.3) is 0 Å². The van der Waals surface area contributed by atoms with Crippen molar-refractivity contribution in [3.63, 3.8) is 0 Å². The van der Waals surface area contributed by atoms with Gasteiger partial charge in [0.25, 0.3) is 11.5 Å². The first-order valence-corrected chi connectivity index (χ1v) is 7.13. The second kappa shape index (κ2) is 5.13. The fourth-order valence-electron chi connectivity index (χ4n) is 2.36. The van der Waals surface area contributed by atoms with E-state index in [1.165, 1.54) is 23.5 Å². The molecule has 0 fully saturated rings. The number of carbonyl (C=O) groups is 2. The lowest BCUT2D eigenvalue weighted by atomic mass is 10.1. The maximum absolute atomic E-state index is 12.0. The summed E-state index contributed by atoms with van der Waals surface area (Å²) < 4.78 is 0. The Hall–Kier alpha value is -2.48. The van der Waals surface area contributed by atoms with Crippen molar-refractivity contribution in [2.75, 3.05) is 5.32 Å². The number of anilines is 1. The first kappa shape index (κ1) is 13.5. The number of aryl methyl sites for hydroxylation is 1. The van der Waals surface area contributed by atoms with Gasteiger partial charge in [0.15, 0.2) is 0 Å². The Morgan fingerprint density at radius 2 is 2.14 bits per heavy atom. The van der Waals surface area contributed by atoms with Crippen molar-refractivity contribution in [3.05, 3.63) is 44.2 Å². The zero-order valence-electron chi connectivity index (χ0n) is 10.8. The smallest absolute Gasteiger partial charge is 0.339 e. The minimum absolute atomic E-state index is 0.0273. The summed E-state index contributed by atoms with van der Waals surface area (Å²) in [4.78, 5) is 35.4. The fourth-order valence-corrected chi connectivity index (χ4v) is 3.63. The normalized spacial score (nSPS) is 13.0. The Bertz CT molecular complexity index is 773. The Balaban J connectivity index is 1.91. The lowest BCUT2D eigenvalue weighted by Gasteiger charge is -2.04. The van der Waals surface area contributed by atoms with Gasteiger partial charge in [0.2, 0.25) is 0 Å². The van der Waals surface area contributed by atoms with E-state index >= 15 is 0 Å². The van der Waals surface area contributed by atoms with Crippen molar-refractivity contribution in [2.45, 2.75) is 19.3 Å². The number of aromatic amines is 1. The topological polar surface area (TPSA) is 112 Å². The van der Waals surface area contributed by atoms with Gasteiger partial charge in [-0.25, -0.2) is 9.89 Å². The lowest BCUT2D eigenvalue weighted by Crippen LogP contribution is -2.18. The molecule has 3 N–H and O–H groups in total. The summed E-state index contributed by atoms with van der Waals surface area (Å²) in [7, 11) is 0. The van der Waals surface area contributed by atoms with E-state index in [2.05, 4.69) is 15.5 Å². The molecule has 1 aliphatic carbocycles. The number of nitrogens with zero attached hydrogens (tertiary/aromatic N) is 1. The van der Waals surface area contributed by atoms with Gasteiger partial charge in [-0.1, -0.05) is 0 Å². The van der Waals surface area contributed by atoms with Gasteiger partial charge in [-0.2, -0.15) is 5.10 Å². The molecule has 0 saturated carbocycles. The average molecular weight is 305 g/mol. The van der Waals surface area contributed by atoms with Crippen LogP contribution in [0.1, 0.15) is 37.7 Å². The Morgan fingerprint density at radius 3 is 2.81 bits per heavy atom. The lowest BCUT2D eigenvalue weighted by molar-refractivity contribution is 0.0697. The molecule has 21 heavy (non-hydrogen) atoms. The van der Waals surface area contributed by atoms with Crippen LogP contribution in [0.3, 0.4) is 0 Å². The highest BCUT2D eigenvalue weighted by atomic mass is 32.1. The molecule has 1 aliphatic rings. The zero-order chi connectivity index (χ0) is 15.0. The number of carboxylic acids is 1. The van der Waals surface area contributed by atoms with Gasteiger partial charge < -0.3 is 10.4 Å². The van der Waals surface area contributed by atoms with Crippen LogP contribution in [0, 0.1) is 0 Å². The number of hydrogen-bond donors (Lipinski definition) is 3. The van der Waals surface area contributed by atoms with Crippen molar-refractivity contribution in [1.82, 2.24) is 10.2 Å². The van der Waals surface area contributed by atoms with Gasteiger partial charge in [0, 0.05) is 10.9 Å². The summed E-state index contributed by atoms with van der Waals surface area (Å²) in [5, 5.41) is 18.0. The standard InChI is InChI=1S/C13H11N3O4S/c17-9-5-4-7(15-16-9)11(18)14-12-10(13(19)20)6-2-1-3-8(6)21-12/h4-5H,1-3H2,(H,14,18)(H,16,17)(H,19,20). The molecular weight excluding hydrogens is 294 g/mol. The summed E-state index contributed by atoms with van der Waals surface area (Å²) in [6.45, 7) is 0. The van der Waals surface area contributed by atoms with Crippen LogP contribution in [-0.2, 0) is 12.8 Å². The molecule has 0 spiro atoms. The van der Waals surface area contributed by atoms with Crippen molar-refractivity contribution in [2.24, 2.45) is 0 Å². The van der Waals surface area contributed by atoms with Crippen molar-refractivity contribution in [3.8, 4) is 0 Å². The van der Waals surface area contributed by atoms with Gasteiger partial charge in [0.1, 0.15) is 10.7 Å². The number of thiophene rings is 1. The van der Waals surface area contributed by atoms with E-state index in [1.54, 1.807) is 0 Å². The maximum Gasteiger partial charge on any atom is 0.339 e. The highest BCUT2D eigenvalue weighted by Crippen LogP contribution is 2.39. The van der Waals surface area contributed by atoms with E-state index in [4.69, 9.17) is 0 Å².